The van der Waals surface area contributed by atoms with Gasteiger partial charge in [0, 0.05) is 67.8 Å². The largest absolute Gasteiger partial charge is 0.508 e. The number of phenols is 2. The molecule has 2 aliphatic rings. The second-order valence-electron chi connectivity index (χ2n) is 10.4. The fraction of sp³-hybridized carbons (Fsp3) is 0.385. The minimum absolute atomic E-state index is 0.0267. The maximum Gasteiger partial charge on any atom is 0.259 e. The van der Waals surface area contributed by atoms with Crippen LogP contribution in [0.15, 0.2) is 42.5 Å². The highest BCUT2D eigenvalue weighted by Gasteiger charge is 2.28. The molecule has 4 atom stereocenters. The zero-order valence-corrected chi connectivity index (χ0v) is 21.9. The van der Waals surface area contributed by atoms with Crippen LogP contribution < -0.4 is 43.4 Å². The van der Waals surface area contributed by atoms with Gasteiger partial charge in [0.25, 0.3) is 5.91 Å². The van der Waals surface area contributed by atoms with Crippen molar-refractivity contribution < 1.29 is 15.0 Å². The molecule has 12 N–H and O–H groups in total. The first kappa shape index (κ1) is 27.3. The van der Waals surface area contributed by atoms with Crippen LogP contribution in [0.2, 0.25) is 0 Å². The maximum absolute atomic E-state index is 12.7. The van der Waals surface area contributed by atoms with Crippen LogP contribution in [0.1, 0.15) is 23.2 Å². The van der Waals surface area contributed by atoms with E-state index < -0.39 is 5.91 Å². The van der Waals surface area contributed by atoms with Crippen molar-refractivity contribution in [1.82, 2.24) is 15.0 Å². The van der Waals surface area contributed by atoms with Crippen LogP contribution in [0.3, 0.4) is 0 Å². The Hall–Kier alpha value is -4.24. The molecule has 1 amide bonds. The minimum atomic E-state index is -0.532. The number of amides is 1. The Morgan fingerprint density at radius 1 is 0.775 bits per heavy atom. The summed E-state index contributed by atoms with van der Waals surface area (Å²) in [5.74, 6) is 0.177. The lowest BCUT2D eigenvalue weighted by Gasteiger charge is -2.37. The summed E-state index contributed by atoms with van der Waals surface area (Å²) in [7, 11) is 0. The number of piperidine rings is 2. The molecule has 0 saturated carbocycles. The van der Waals surface area contributed by atoms with Crippen molar-refractivity contribution >= 4 is 35.1 Å². The lowest BCUT2D eigenvalue weighted by Crippen LogP contribution is -2.54. The summed E-state index contributed by atoms with van der Waals surface area (Å²) in [6.07, 6.45) is 1.44. The summed E-state index contributed by atoms with van der Waals surface area (Å²) in [6.45, 7) is 2.23. The van der Waals surface area contributed by atoms with Gasteiger partial charge in [-0.1, -0.05) is 6.07 Å². The van der Waals surface area contributed by atoms with Crippen molar-refractivity contribution in [2.45, 2.75) is 37.0 Å². The van der Waals surface area contributed by atoms with Gasteiger partial charge in [-0.05, 0) is 43.2 Å². The molecule has 212 valence electrons. The molecule has 40 heavy (non-hydrogen) atoms. The fourth-order valence-electron chi connectivity index (χ4n) is 5.09. The van der Waals surface area contributed by atoms with Crippen LogP contribution in [0.25, 0.3) is 0 Å². The Labute approximate surface area is 231 Å². The van der Waals surface area contributed by atoms with E-state index in [1.807, 2.05) is 9.80 Å². The van der Waals surface area contributed by atoms with E-state index in [-0.39, 0.29) is 41.2 Å². The average Bonchev–Trinajstić information content (AvgIpc) is 2.87. The fourth-order valence-corrected chi connectivity index (χ4v) is 5.09. The van der Waals surface area contributed by atoms with Crippen LogP contribution in [-0.4, -0.2) is 81.4 Å². The van der Waals surface area contributed by atoms with Gasteiger partial charge in [-0.3, -0.25) is 4.79 Å². The number of anilines is 5. The summed E-state index contributed by atoms with van der Waals surface area (Å²) >= 11 is 0. The van der Waals surface area contributed by atoms with Gasteiger partial charge in [-0.2, -0.15) is 15.0 Å². The molecule has 14 heteroatoms. The van der Waals surface area contributed by atoms with Crippen LogP contribution in [0.4, 0.5) is 29.2 Å². The highest BCUT2D eigenvalue weighted by molar-refractivity contribution is 6.06. The highest BCUT2D eigenvalue weighted by Crippen LogP contribution is 2.26. The van der Waals surface area contributed by atoms with Crippen molar-refractivity contribution in [1.29, 1.82) is 0 Å². The normalized spacial score (nSPS) is 23.1. The number of rotatable bonds is 6. The lowest BCUT2D eigenvalue weighted by atomic mass is 10.0. The highest BCUT2D eigenvalue weighted by atomic mass is 16.3. The summed E-state index contributed by atoms with van der Waals surface area (Å²) in [5, 5.41) is 25.5. The van der Waals surface area contributed by atoms with Gasteiger partial charge in [-0.25, -0.2) is 0 Å². The monoisotopic (exact) mass is 549 g/mol. The van der Waals surface area contributed by atoms with Gasteiger partial charge in [-0.15, -0.1) is 0 Å². The molecule has 3 aromatic rings. The molecule has 0 spiro atoms. The topological polar surface area (TPSA) is 231 Å². The standard InChI is InChI=1S/C26H35N11O3/c27-14-6-15(28)11-36(10-14)25-33-24(34-26(35-25)37-12-16(29)7-17(30)13-37)32-19-3-1-2-18(8-19)31-23(40)21-5-4-20(38)9-22(21)39/h1-5,8-9,14-17,38-39H,6-7,10-13,27-30H2,(H,31,40)(H,32,33,34,35)/t14-,15+,16-,17+. The van der Waals surface area contributed by atoms with Crippen LogP contribution in [-0.2, 0) is 0 Å². The molecule has 2 aromatic carbocycles. The van der Waals surface area contributed by atoms with Crippen LogP contribution in [0, 0.1) is 0 Å². The molecule has 0 bridgehead atoms. The van der Waals surface area contributed by atoms with Gasteiger partial charge >= 0.3 is 0 Å². The molecule has 0 unspecified atom stereocenters. The Morgan fingerprint density at radius 2 is 1.32 bits per heavy atom. The van der Waals surface area contributed by atoms with E-state index in [1.165, 1.54) is 12.1 Å². The second kappa shape index (κ2) is 11.5. The molecule has 2 saturated heterocycles. The SMILES string of the molecule is N[C@@H]1C[C@H](N)CN(c2nc(Nc3cccc(NC(=O)c4ccc(O)cc4O)c3)nc(N3C[C@H](N)C[C@H](N)C3)n2)C1. The van der Waals surface area contributed by atoms with E-state index in [0.717, 1.165) is 18.9 Å². The van der Waals surface area contributed by atoms with E-state index in [1.54, 1.807) is 24.3 Å². The van der Waals surface area contributed by atoms with Gasteiger partial charge in [0.15, 0.2) is 0 Å². The maximum atomic E-state index is 12.7. The average molecular weight is 550 g/mol. The third kappa shape index (κ3) is 6.48. The number of phenolic OH excluding ortho intramolecular Hbond substituents is 2. The van der Waals surface area contributed by atoms with Gasteiger partial charge < -0.3 is 53.6 Å². The molecule has 2 aliphatic heterocycles. The van der Waals surface area contributed by atoms with Crippen molar-refractivity contribution in [3.05, 3.63) is 48.0 Å². The molecule has 2 fully saturated rings. The zero-order chi connectivity index (χ0) is 28.4. The van der Waals surface area contributed by atoms with Crippen molar-refractivity contribution in [2.75, 3.05) is 46.6 Å². The number of carbonyl (C=O) groups excluding carboxylic acids is 1. The Balaban J connectivity index is 1.41. The van der Waals surface area contributed by atoms with Crippen molar-refractivity contribution in [3.63, 3.8) is 0 Å². The number of nitrogens with two attached hydrogens (primary N) is 4. The third-order valence-electron chi connectivity index (χ3n) is 6.81. The second-order valence-corrected chi connectivity index (χ2v) is 10.4. The Bertz CT molecular complexity index is 1310. The lowest BCUT2D eigenvalue weighted by molar-refractivity contribution is 0.102. The number of aromatic nitrogens is 3. The quantitative estimate of drug-likeness (QED) is 0.203. The smallest absolute Gasteiger partial charge is 0.259 e. The van der Waals surface area contributed by atoms with E-state index in [0.29, 0.717) is 55.4 Å². The van der Waals surface area contributed by atoms with Crippen molar-refractivity contribution in [2.24, 2.45) is 22.9 Å². The molecule has 5 rings (SSSR count). The van der Waals surface area contributed by atoms with Crippen molar-refractivity contribution in [3.8, 4) is 11.5 Å². The summed E-state index contributed by atoms with van der Waals surface area (Å²) < 4.78 is 0. The predicted octanol–water partition coefficient (Wildman–Crippen LogP) is 0.00810. The van der Waals surface area contributed by atoms with Crippen LogP contribution >= 0.6 is 0 Å². The van der Waals surface area contributed by atoms with E-state index in [9.17, 15) is 15.0 Å². The summed E-state index contributed by atoms with van der Waals surface area (Å²) in [6, 6.07) is 10.3. The summed E-state index contributed by atoms with van der Waals surface area (Å²) in [4.78, 5) is 30.7. The van der Waals surface area contributed by atoms with Gasteiger partial charge in [0.05, 0.1) is 5.56 Å². The first-order chi connectivity index (χ1) is 19.1. The van der Waals surface area contributed by atoms with E-state index >= 15 is 0 Å². The molecule has 3 heterocycles. The number of aromatic hydroxyl groups is 2. The molecule has 0 aliphatic carbocycles. The summed E-state index contributed by atoms with van der Waals surface area (Å²) in [5.41, 5.74) is 26.0. The number of hydrogen-bond acceptors (Lipinski definition) is 13. The number of nitrogens with zero attached hydrogens (tertiary/aromatic N) is 5. The predicted molar refractivity (Wildman–Crippen MR) is 153 cm³/mol. The van der Waals surface area contributed by atoms with E-state index in [4.69, 9.17) is 27.9 Å². The van der Waals surface area contributed by atoms with Crippen LogP contribution in [0.5, 0.6) is 11.5 Å². The number of nitrogens with one attached hydrogen (secondary N) is 2. The molecular formula is C26H35N11O3. The number of hydrogen-bond donors (Lipinski definition) is 8. The Kier molecular flexibility index (Phi) is 7.84. The molecule has 1 aromatic heterocycles. The van der Waals surface area contributed by atoms with Gasteiger partial charge in [0.1, 0.15) is 11.5 Å². The first-order valence-electron chi connectivity index (χ1n) is 13.1. The first-order valence-corrected chi connectivity index (χ1v) is 13.1. The van der Waals surface area contributed by atoms with Gasteiger partial charge in [0.2, 0.25) is 17.8 Å². The molecule has 14 nitrogen and oxygen atoms in total. The number of benzene rings is 2. The van der Waals surface area contributed by atoms with E-state index in [2.05, 4.69) is 20.6 Å². The minimum Gasteiger partial charge on any atom is -0.508 e. The molecular weight excluding hydrogens is 514 g/mol. The number of carbonyl (C=O) groups is 1. The molecule has 0 radical (unpaired) electrons. The zero-order valence-electron chi connectivity index (χ0n) is 21.9. The third-order valence-corrected chi connectivity index (χ3v) is 6.81. The Morgan fingerprint density at radius 3 is 1.88 bits per heavy atom.